The van der Waals surface area contributed by atoms with Crippen LogP contribution in [0.2, 0.25) is 0 Å². The molecule has 1 saturated heterocycles. The van der Waals surface area contributed by atoms with E-state index in [1.54, 1.807) is 7.11 Å². The number of rotatable bonds is 6. The van der Waals surface area contributed by atoms with Crippen molar-refractivity contribution < 1.29 is 9.47 Å². The van der Waals surface area contributed by atoms with Crippen LogP contribution in [0, 0.1) is 5.41 Å². The predicted molar refractivity (Wildman–Crippen MR) is 125 cm³/mol. The summed E-state index contributed by atoms with van der Waals surface area (Å²) in [6.45, 7) is 11.7. The number of ether oxygens (including phenoxy) is 2. The number of methoxy groups -OCH3 is 1. The quantitative estimate of drug-likeness (QED) is 0.676. The normalized spacial score (nSPS) is 15.6. The summed E-state index contributed by atoms with van der Waals surface area (Å²) >= 11 is 0. The van der Waals surface area contributed by atoms with Gasteiger partial charge in [-0.25, -0.2) is 0 Å². The number of halogens is 2. The lowest BCUT2D eigenvalue weighted by Gasteiger charge is -2.42. The molecule has 0 amide bonds. The highest BCUT2D eigenvalue weighted by Gasteiger charge is 2.33. The molecule has 0 aromatic heterocycles. The van der Waals surface area contributed by atoms with Crippen LogP contribution in [0.1, 0.15) is 37.9 Å². The van der Waals surface area contributed by atoms with Gasteiger partial charge in [0.1, 0.15) is 6.61 Å². The molecule has 0 unspecified atom stereocenters. The van der Waals surface area contributed by atoms with E-state index in [4.69, 9.17) is 9.47 Å². The Kier molecular flexibility index (Phi) is 10.3. The summed E-state index contributed by atoms with van der Waals surface area (Å²) in [6, 6.07) is 17.0. The zero-order valence-corrected chi connectivity index (χ0v) is 19.4. The summed E-state index contributed by atoms with van der Waals surface area (Å²) in [7, 11) is 1.70. The molecule has 162 valence electrons. The van der Waals surface area contributed by atoms with Crippen molar-refractivity contribution in [3.8, 4) is 11.5 Å². The summed E-state index contributed by atoms with van der Waals surface area (Å²) in [5.41, 5.74) is 2.57. The van der Waals surface area contributed by atoms with E-state index in [0.717, 1.165) is 43.2 Å². The Morgan fingerprint density at radius 2 is 1.62 bits per heavy atom. The Balaban J connectivity index is 0.00000210. The number of hydrogen-bond acceptors (Lipinski definition) is 4. The van der Waals surface area contributed by atoms with Gasteiger partial charge in [-0.2, -0.15) is 0 Å². The Bertz CT molecular complexity index is 729. The maximum Gasteiger partial charge on any atom is 0.161 e. The molecule has 3 rings (SSSR count). The van der Waals surface area contributed by atoms with E-state index in [1.807, 2.05) is 24.3 Å². The van der Waals surface area contributed by atoms with Crippen molar-refractivity contribution in [2.24, 2.45) is 5.41 Å². The summed E-state index contributed by atoms with van der Waals surface area (Å²) in [6.07, 6.45) is 0. The van der Waals surface area contributed by atoms with Crippen molar-refractivity contribution in [2.45, 2.75) is 33.4 Å². The van der Waals surface area contributed by atoms with Crippen LogP contribution in [0.25, 0.3) is 0 Å². The number of hydrogen-bond donors (Lipinski definition) is 1. The molecule has 1 aliphatic rings. The van der Waals surface area contributed by atoms with Crippen LogP contribution in [0.3, 0.4) is 0 Å². The van der Waals surface area contributed by atoms with Crippen molar-refractivity contribution in [3.63, 3.8) is 0 Å². The van der Waals surface area contributed by atoms with Crippen LogP contribution < -0.4 is 14.8 Å². The van der Waals surface area contributed by atoms with E-state index in [9.17, 15) is 0 Å². The maximum absolute atomic E-state index is 6.15. The monoisotopic (exact) mass is 440 g/mol. The Morgan fingerprint density at radius 1 is 0.966 bits per heavy atom. The molecule has 1 fully saturated rings. The molecule has 0 spiro atoms. The van der Waals surface area contributed by atoms with Gasteiger partial charge in [-0.15, -0.1) is 24.8 Å². The molecule has 6 heteroatoms. The second-order valence-electron chi connectivity index (χ2n) is 8.24. The first kappa shape index (κ1) is 25.6. The molecule has 29 heavy (non-hydrogen) atoms. The third-order valence-corrected chi connectivity index (χ3v) is 5.08. The fourth-order valence-electron chi connectivity index (χ4n) is 3.91. The molecule has 1 aliphatic heterocycles. The fraction of sp³-hybridized carbons (Fsp3) is 0.478. The zero-order chi connectivity index (χ0) is 19.3. The minimum absolute atomic E-state index is 0. The Morgan fingerprint density at radius 3 is 2.21 bits per heavy atom. The van der Waals surface area contributed by atoms with Gasteiger partial charge in [-0.05, 0) is 28.7 Å². The second-order valence-corrected chi connectivity index (χ2v) is 8.24. The zero-order valence-electron chi connectivity index (χ0n) is 17.8. The standard InChI is InChI=1S/C23H32N2O2.2ClH/c1-23(2,3)22(25-14-12-24-13-15-25)19-10-11-20(26-4)21(16-19)27-17-18-8-6-5-7-9-18;;/h5-11,16,22,24H,12-15,17H2,1-4H3;2*1H/t22-;;/m1../s1. The molecule has 2 aromatic rings. The van der Waals surface area contributed by atoms with E-state index in [-0.39, 0.29) is 30.2 Å². The Hall–Kier alpha value is -1.46. The van der Waals surface area contributed by atoms with Crippen molar-refractivity contribution in [1.82, 2.24) is 10.2 Å². The van der Waals surface area contributed by atoms with Crippen molar-refractivity contribution >= 4 is 24.8 Å². The van der Waals surface area contributed by atoms with Crippen molar-refractivity contribution in [2.75, 3.05) is 33.3 Å². The molecular weight excluding hydrogens is 407 g/mol. The van der Waals surface area contributed by atoms with Gasteiger partial charge in [0, 0.05) is 32.2 Å². The lowest BCUT2D eigenvalue weighted by molar-refractivity contribution is 0.0859. The van der Waals surface area contributed by atoms with E-state index in [0.29, 0.717) is 12.6 Å². The molecule has 1 heterocycles. The van der Waals surface area contributed by atoms with Crippen LogP contribution >= 0.6 is 24.8 Å². The van der Waals surface area contributed by atoms with E-state index in [2.05, 4.69) is 55.3 Å². The van der Waals surface area contributed by atoms with E-state index in [1.165, 1.54) is 5.56 Å². The van der Waals surface area contributed by atoms with Crippen molar-refractivity contribution in [3.05, 3.63) is 59.7 Å². The molecular formula is C23H34Cl2N2O2. The smallest absolute Gasteiger partial charge is 0.161 e. The largest absolute Gasteiger partial charge is 0.493 e. The average Bonchev–Trinajstić information content (AvgIpc) is 2.67. The molecule has 4 nitrogen and oxygen atoms in total. The predicted octanol–water partition coefficient (Wildman–Crippen LogP) is 5.11. The molecule has 2 aromatic carbocycles. The van der Waals surface area contributed by atoms with Gasteiger partial charge in [-0.3, -0.25) is 4.90 Å². The maximum atomic E-state index is 6.15. The summed E-state index contributed by atoms with van der Waals surface area (Å²) in [5, 5.41) is 3.45. The van der Waals surface area contributed by atoms with Crippen LogP contribution in [0.4, 0.5) is 0 Å². The number of benzene rings is 2. The third-order valence-electron chi connectivity index (χ3n) is 5.08. The third kappa shape index (κ3) is 6.78. The highest BCUT2D eigenvalue weighted by molar-refractivity contribution is 5.85. The van der Waals surface area contributed by atoms with Crippen molar-refractivity contribution in [1.29, 1.82) is 0 Å². The first-order valence-corrected chi connectivity index (χ1v) is 9.78. The first-order valence-electron chi connectivity index (χ1n) is 9.78. The molecule has 1 atom stereocenters. The number of nitrogens with one attached hydrogen (secondary N) is 1. The van der Waals surface area contributed by atoms with Crippen LogP contribution in [-0.2, 0) is 6.61 Å². The van der Waals surface area contributed by atoms with Gasteiger partial charge in [0.25, 0.3) is 0 Å². The molecule has 0 saturated carbocycles. The highest BCUT2D eigenvalue weighted by Crippen LogP contribution is 2.41. The lowest BCUT2D eigenvalue weighted by Crippen LogP contribution is -2.48. The highest BCUT2D eigenvalue weighted by atomic mass is 35.5. The summed E-state index contributed by atoms with van der Waals surface area (Å²) in [4.78, 5) is 2.58. The van der Waals surface area contributed by atoms with Gasteiger partial charge in [0.15, 0.2) is 11.5 Å². The second kappa shape index (κ2) is 11.7. The van der Waals surface area contributed by atoms with Crippen LogP contribution in [0.15, 0.2) is 48.5 Å². The minimum Gasteiger partial charge on any atom is -0.493 e. The molecule has 0 aliphatic carbocycles. The first-order chi connectivity index (χ1) is 13.0. The lowest BCUT2D eigenvalue weighted by atomic mass is 9.81. The molecule has 1 N–H and O–H groups in total. The SMILES string of the molecule is COc1ccc([C@@H](N2CCNCC2)C(C)(C)C)cc1OCc1ccccc1.Cl.Cl. The topological polar surface area (TPSA) is 33.7 Å². The van der Waals surface area contributed by atoms with Gasteiger partial charge in [-0.1, -0.05) is 57.2 Å². The number of nitrogens with zero attached hydrogens (tertiary/aromatic N) is 1. The Labute approximate surface area is 187 Å². The van der Waals surface area contributed by atoms with Gasteiger partial charge < -0.3 is 14.8 Å². The molecule has 0 radical (unpaired) electrons. The minimum atomic E-state index is 0. The van der Waals surface area contributed by atoms with Gasteiger partial charge in [0.2, 0.25) is 0 Å². The van der Waals surface area contributed by atoms with E-state index >= 15 is 0 Å². The summed E-state index contributed by atoms with van der Waals surface area (Å²) < 4.78 is 11.7. The average molecular weight is 441 g/mol. The fourth-order valence-corrected chi connectivity index (χ4v) is 3.91. The summed E-state index contributed by atoms with van der Waals surface area (Å²) in [5.74, 6) is 1.59. The van der Waals surface area contributed by atoms with Gasteiger partial charge in [0.05, 0.1) is 7.11 Å². The molecule has 0 bridgehead atoms. The number of piperazine rings is 1. The van der Waals surface area contributed by atoms with Crippen LogP contribution in [-0.4, -0.2) is 38.2 Å². The van der Waals surface area contributed by atoms with E-state index < -0.39 is 0 Å². The van der Waals surface area contributed by atoms with Crippen LogP contribution in [0.5, 0.6) is 11.5 Å². The van der Waals surface area contributed by atoms with Gasteiger partial charge >= 0.3 is 0 Å².